The lowest BCUT2D eigenvalue weighted by Crippen LogP contribution is -2.15. The Morgan fingerprint density at radius 2 is 1.04 bits per heavy atom. The average molecular weight is 635 g/mol. The van der Waals surface area contributed by atoms with Crippen LogP contribution in [0.3, 0.4) is 0 Å². The number of fused-ring (bicyclic) bond motifs is 5. The van der Waals surface area contributed by atoms with Crippen molar-refractivity contribution in [2.75, 3.05) is 0 Å². The standard InChI is InChI=1S/C47H38O2/c1-27(2)29-12-16-31(17-13-29)43-37-8-5-6-9-38(37)44(32-18-14-30(15-19-32)28(3)4)47-40-23-22-35(36-10-7-11-39(45(36)40)46(43)47)33-20-24-41-34(26-33)21-25-42(48)49-41/h5-28,42,48H,1-4H3. The summed E-state index contributed by atoms with van der Waals surface area (Å²) in [4.78, 5) is 0. The number of aliphatic hydroxyl groups excluding tert-OH is 1. The van der Waals surface area contributed by atoms with Gasteiger partial charge >= 0.3 is 0 Å². The third kappa shape index (κ3) is 4.66. The Labute approximate surface area is 288 Å². The first-order valence-electron chi connectivity index (χ1n) is 17.4. The molecule has 238 valence electrons. The molecular weight excluding hydrogens is 597 g/mol. The largest absolute Gasteiger partial charge is 0.461 e. The van der Waals surface area contributed by atoms with Crippen LogP contribution in [0.1, 0.15) is 56.2 Å². The van der Waals surface area contributed by atoms with Gasteiger partial charge in [0.2, 0.25) is 6.29 Å². The van der Waals surface area contributed by atoms with E-state index in [9.17, 15) is 5.11 Å². The molecule has 2 aliphatic rings. The van der Waals surface area contributed by atoms with Crippen LogP contribution in [0.4, 0.5) is 0 Å². The van der Waals surface area contributed by atoms with E-state index in [1.807, 2.05) is 12.1 Å². The van der Waals surface area contributed by atoms with Crippen LogP contribution in [0, 0.1) is 0 Å². The van der Waals surface area contributed by atoms with E-state index in [2.05, 4.69) is 143 Å². The Morgan fingerprint density at radius 1 is 0.510 bits per heavy atom. The molecule has 1 unspecified atom stereocenters. The minimum atomic E-state index is -0.907. The number of benzene rings is 7. The number of rotatable bonds is 5. The summed E-state index contributed by atoms with van der Waals surface area (Å²) in [5, 5.41) is 15.1. The van der Waals surface area contributed by atoms with Gasteiger partial charge in [-0.25, -0.2) is 0 Å². The molecule has 0 bridgehead atoms. The van der Waals surface area contributed by atoms with E-state index >= 15 is 0 Å². The fourth-order valence-electron chi connectivity index (χ4n) is 8.03. The molecule has 0 aromatic heterocycles. The molecule has 1 aliphatic heterocycles. The third-order valence-corrected chi connectivity index (χ3v) is 10.5. The highest BCUT2D eigenvalue weighted by atomic mass is 16.6. The van der Waals surface area contributed by atoms with Crippen LogP contribution >= 0.6 is 0 Å². The Balaban J connectivity index is 1.36. The van der Waals surface area contributed by atoms with Crippen LogP contribution in [0.15, 0.2) is 127 Å². The summed E-state index contributed by atoms with van der Waals surface area (Å²) in [6.45, 7) is 9.02. The zero-order valence-electron chi connectivity index (χ0n) is 28.3. The fraction of sp³-hybridized carbons (Fsp3) is 0.149. The molecule has 1 aliphatic carbocycles. The molecule has 2 nitrogen and oxygen atoms in total. The lowest BCUT2D eigenvalue weighted by molar-refractivity contribution is 0.0231. The maximum absolute atomic E-state index is 9.98. The molecule has 1 atom stereocenters. The maximum Gasteiger partial charge on any atom is 0.217 e. The molecular formula is C47H38O2. The van der Waals surface area contributed by atoms with Crippen molar-refractivity contribution in [1.29, 1.82) is 0 Å². The van der Waals surface area contributed by atoms with Crippen LogP contribution < -0.4 is 4.74 Å². The second-order valence-corrected chi connectivity index (χ2v) is 14.1. The molecule has 7 aromatic rings. The molecule has 1 heterocycles. The predicted molar refractivity (Wildman–Crippen MR) is 206 cm³/mol. The zero-order chi connectivity index (χ0) is 33.4. The number of ether oxygens (including phenoxy) is 1. The quantitative estimate of drug-likeness (QED) is 0.204. The van der Waals surface area contributed by atoms with Crippen LogP contribution in [0.2, 0.25) is 0 Å². The van der Waals surface area contributed by atoms with E-state index in [1.54, 1.807) is 6.08 Å². The van der Waals surface area contributed by atoms with Gasteiger partial charge in [0.15, 0.2) is 0 Å². The van der Waals surface area contributed by atoms with Gasteiger partial charge < -0.3 is 9.84 Å². The van der Waals surface area contributed by atoms with E-state index in [0.717, 1.165) is 11.1 Å². The van der Waals surface area contributed by atoms with E-state index in [1.165, 1.54) is 82.7 Å². The highest BCUT2D eigenvalue weighted by Crippen LogP contribution is 2.58. The predicted octanol–water partition coefficient (Wildman–Crippen LogP) is 12.6. The van der Waals surface area contributed by atoms with Gasteiger partial charge in [-0.3, -0.25) is 0 Å². The van der Waals surface area contributed by atoms with Gasteiger partial charge in [-0.05, 0) is 124 Å². The van der Waals surface area contributed by atoms with Crippen LogP contribution in [-0.2, 0) is 0 Å². The second kappa shape index (κ2) is 11.3. The minimum Gasteiger partial charge on any atom is -0.461 e. The lowest BCUT2D eigenvalue weighted by Gasteiger charge is -2.21. The first-order chi connectivity index (χ1) is 23.9. The first kappa shape index (κ1) is 29.7. The second-order valence-electron chi connectivity index (χ2n) is 14.1. The monoisotopic (exact) mass is 634 g/mol. The molecule has 9 rings (SSSR count). The van der Waals surface area contributed by atoms with Crippen LogP contribution in [0.25, 0.3) is 83.3 Å². The number of hydrogen-bond acceptors (Lipinski definition) is 2. The molecule has 0 fully saturated rings. The van der Waals surface area contributed by atoms with E-state index in [-0.39, 0.29) is 0 Å². The maximum atomic E-state index is 9.98. The van der Waals surface area contributed by atoms with Crippen molar-refractivity contribution < 1.29 is 9.84 Å². The van der Waals surface area contributed by atoms with Gasteiger partial charge in [0.1, 0.15) is 5.75 Å². The molecule has 1 N–H and O–H groups in total. The van der Waals surface area contributed by atoms with Crippen LogP contribution in [0.5, 0.6) is 5.75 Å². The van der Waals surface area contributed by atoms with Gasteiger partial charge in [0.05, 0.1) is 0 Å². The SMILES string of the molecule is CC(C)c1ccc(-c2c3c(c(-c4ccc(C(C)C)cc4)c4ccccc24)-c2ccc(-c4ccc5c(c4)C=CC(O)O5)c4cccc-3c24)cc1. The van der Waals surface area contributed by atoms with Gasteiger partial charge in [0, 0.05) is 5.56 Å². The zero-order valence-corrected chi connectivity index (χ0v) is 28.3. The summed E-state index contributed by atoms with van der Waals surface area (Å²) >= 11 is 0. The highest BCUT2D eigenvalue weighted by Gasteiger charge is 2.31. The minimum absolute atomic E-state index is 0.472. The molecule has 2 heteroatoms. The Morgan fingerprint density at radius 3 is 1.63 bits per heavy atom. The molecule has 0 spiro atoms. The van der Waals surface area contributed by atoms with E-state index in [4.69, 9.17) is 4.74 Å². The van der Waals surface area contributed by atoms with Crippen molar-refractivity contribution in [2.45, 2.75) is 45.8 Å². The Bertz CT molecular complexity index is 2360. The van der Waals surface area contributed by atoms with E-state index < -0.39 is 6.29 Å². The summed E-state index contributed by atoms with van der Waals surface area (Å²) < 4.78 is 5.66. The van der Waals surface area contributed by atoms with E-state index in [0.29, 0.717) is 17.6 Å². The summed E-state index contributed by atoms with van der Waals surface area (Å²) in [6.07, 6.45) is 2.73. The molecule has 0 radical (unpaired) electrons. The van der Waals surface area contributed by atoms with Crippen molar-refractivity contribution in [2.24, 2.45) is 0 Å². The normalized spacial score (nSPS) is 14.5. The van der Waals surface area contributed by atoms with Crippen LogP contribution in [-0.4, -0.2) is 11.4 Å². The van der Waals surface area contributed by atoms with Gasteiger partial charge in [-0.1, -0.05) is 137 Å². The summed E-state index contributed by atoms with van der Waals surface area (Å²) in [5.74, 6) is 1.64. The molecule has 0 amide bonds. The molecule has 0 saturated heterocycles. The van der Waals surface area contributed by atoms with Gasteiger partial charge in [-0.15, -0.1) is 0 Å². The first-order valence-corrected chi connectivity index (χ1v) is 17.4. The molecule has 49 heavy (non-hydrogen) atoms. The summed E-state index contributed by atoms with van der Waals surface area (Å²) in [6, 6.07) is 45.1. The van der Waals surface area contributed by atoms with Crippen molar-refractivity contribution in [3.8, 4) is 61.4 Å². The van der Waals surface area contributed by atoms with Crippen molar-refractivity contribution >= 4 is 27.6 Å². The topological polar surface area (TPSA) is 29.5 Å². The summed E-state index contributed by atoms with van der Waals surface area (Å²) in [5.41, 5.74) is 16.2. The molecule has 0 saturated carbocycles. The smallest absolute Gasteiger partial charge is 0.217 e. The van der Waals surface area contributed by atoms with Gasteiger partial charge in [-0.2, -0.15) is 0 Å². The van der Waals surface area contributed by atoms with Crippen molar-refractivity contribution in [1.82, 2.24) is 0 Å². The molecule has 7 aromatic carbocycles. The summed E-state index contributed by atoms with van der Waals surface area (Å²) in [7, 11) is 0. The number of aliphatic hydroxyl groups is 1. The highest BCUT2D eigenvalue weighted by molar-refractivity contribution is 6.28. The van der Waals surface area contributed by atoms with Gasteiger partial charge in [0.25, 0.3) is 0 Å². The lowest BCUT2D eigenvalue weighted by atomic mass is 9.82. The Kier molecular flexibility index (Phi) is 6.86. The third-order valence-electron chi connectivity index (χ3n) is 10.5. The van der Waals surface area contributed by atoms with Crippen molar-refractivity contribution in [3.05, 3.63) is 144 Å². The average Bonchev–Trinajstić information content (AvgIpc) is 3.45. The fourth-order valence-corrected chi connectivity index (χ4v) is 8.03. The number of hydrogen-bond donors (Lipinski definition) is 1. The Hall–Kier alpha value is -5.44. The van der Waals surface area contributed by atoms with Crippen molar-refractivity contribution in [3.63, 3.8) is 0 Å².